The fraction of sp³-hybridized carbons (Fsp3) is 0.333. The lowest BCUT2D eigenvalue weighted by Crippen LogP contribution is -2.17. The normalized spacial score (nSPS) is 10.4. The zero-order valence-electron chi connectivity index (χ0n) is 14.8. The van der Waals surface area contributed by atoms with Crippen LogP contribution in [0.15, 0.2) is 30.3 Å². The molecule has 0 radical (unpaired) electrons. The molecule has 0 aliphatic heterocycles. The lowest BCUT2D eigenvalue weighted by atomic mass is 10.2. The fourth-order valence-electron chi connectivity index (χ4n) is 2.15. The number of rotatable bonds is 6. The summed E-state index contributed by atoms with van der Waals surface area (Å²) in [7, 11) is 0. The second-order valence-electron chi connectivity index (χ2n) is 5.74. The second-order valence-corrected chi connectivity index (χ2v) is 5.74. The number of nitrogens with one attached hydrogen (secondary N) is 2. The van der Waals surface area contributed by atoms with Crippen LogP contribution in [0.5, 0.6) is 0 Å². The minimum atomic E-state index is -0.392. The first-order valence-electron chi connectivity index (χ1n) is 8.09. The van der Waals surface area contributed by atoms with Crippen molar-refractivity contribution in [2.24, 2.45) is 0 Å². The first kappa shape index (κ1) is 18.4. The molecule has 1 aromatic carbocycles. The van der Waals surface area contributed by atoms with E-state index < -0.39 is 5.97 Å². The highest BCUT2D eigenvalue weighted by molar-refractivity contribution is 6.03. The van der Waals surface area contributed by atoms with Crippen molar-refractivity contribution in [1.82, 2.24) is 9.97 Å². The van der Waals surface area contributed by atoms with E-state index in [0.717, 1.165) is 0 Å². The number of hydrogen-bond donors (Lipinski definition) is 2. The van der Waals surface area contributed by atoms with Crippen LogP contribution in [0.4, 0.5) is 11.5 Å². The number of carbonyl (C=O) groups excluding carboxylic acids is 2. The first-order valence-corrected chi connectivity index (χ1v) is 8.09. The largest absolute Gasteiger partial charge is 0.462 e. The van der Waals surface area contributed by atoms with Crippen LogP contribution >= 0.6 is 0 Å². The smallest absolute Gasteiger partial charge is 0.338 e. The lowest BCUT2D eigenvalue weighted by molar-refractivity contribution is 0.0526. The van der Waals surface area contributed by atoms with E-state index in [0.29, 0.717) is 29.5 Å². The molecular formula is C18H22N4O3. The molecule has 0 saturated heterocycles. The van der Waals surface area contributed by atoms with Crippen molar-refractivity contribution in [3.63, 3.8) is 0 Å². The van der Waals surface area contributed by atoms with Crippen molar-refractivity contribution >= 4 is 23.4 Å². The Balaban J connectivity index is 2.11. The molecule has 0 aliphatic carbocycles. The Labute approximate surface area is 146 Å². The van der Waals surface area contributed by atoms with Crippen LogP contribution in [0.1, 0.15) is 47.4 Å². The fourth-order valence-corrected chi connectivity index (χ4v) is 2.15. The standard InChI is InChI=1S/C18H22N4O3/c1-5-25-18(24)13-6-8-14(9-7-13)22-17(23)15-10-16(19-11(2)3)21-12(4)20-15/h6-11H,5H2,1-4H3,(H,22,23)(H,19,20,21). The van der Waals surface area contributed by atoms with Crippen molar-refractivity contribution in [1.29, 1.82) is 0 Å². The Morgan fingerprint density at radius 2 is 1.84 bits per heavy atom. The van der Waals surface area contributed by atoms with Crippen molar-refractivity contribution in [3.05, 3.63) is 47.4 Å². The van der Waals surface area contributed by atoms with Gasteiger partial charge in [-0.25, -0.2) is 14.8 Å². The van der Waals surface area contributed by atoms with Gasteiger partial charge < -0.3 is 15.4 Å². The number of aromatic nitrogens is 2. The number of carbonyl (C=O) groups is 2. The molecule has 2 aromatic rings. The third kappa shape index (κ3) is 5.27. The van der Waals surface area contributed by atoms with E-state index in [1.54, 1.807) is 44.2 Å². The van der Waals surface area contributed by atoms with Gasteiger partial charge in [-0.05, 0) is 52.0 Å². The van der Waals surface area contributed by atoms with Crippen molar-refractivity contribution in [2.75, 3.05) is 17.2 Å². The van der Waals surface area contributed by atoms with Crippen molar-refractivity contribution in [2.45, 2.75) is 33.7 Å². The van der Waals surface area contributed by atoms with Gasteiger partial charge in [-0.3, -0.25) is 4.79 Å². The Hall–Kier alpha value is -2.96. The molecule has 2 N–H and O–H groups in total. The van der Waals surface area contributed by atoms with Gasteiger partial charge in [-0.1, -0.05) is 0 Å². The van der Waals surface area contributed by atoms with Crippen LogP contribution < -0.4 is 10.6 Å². The van der Waals surface area contributed by atoms with Gasteiger partial charge in [-0.2, -0.15) is 0 Å². The summed E-state index contributed by atoms with van der Waals surface area (Å²) in [5.41, 5.74) is 1.26. The summed E-state index contributed by atoms with van der Waals surface area (Å²) >= 11 is 0. The van der Waals surface area contributed by atoms with Gasteiger partial charge in [0, 0.05) is 17.8 Å². The summed E-state index contributed by atoms with van der Waals surface area (Å²) in [6.45, 7) is 7.77. The average Bonchev–Trinajstić information content (AvgIpc) is 2.54. The maximum atomic E-state index is 12.4. The minimum Gasteiger partial charge on any atom is -0.462 e. The molecule has 132 valence electrons. The number of hydrogen-bond acceptors (Lipinski definition) is 6. The van der Waals surface area contributed by atoms with Crippen LogP contribution in [0, 0.1) is 6.92 Å². The summed E-state index contributed by atoms with van der Waals surface area (Å²) in [5.74, 6) is 0.371. The number of amides is 1. The molecule has 0 bridgehead atoms. The minimum absolute atomic E-state index is 0.195. The lowest BCUT2D eigenvalue weighted by Gasteiger charge is -2.11. The Morgan fingerprint density at radius 3 is 2.44 bits per heavy atom. The van der Waals surface area contributed by atoms with Gasteiger partial charge in [-0.15, -0.1) is 0 Å². The van der Waals surface area contributed by atoms with Gasteiger partial charge in [0.05, 0.1) is 12.2 Å². The van der Waals surface area contributed by atoms with Gasteiger partial charge in [0.15, 0.2) is 0 Å². The van der Waals surface area contributed by atoms with Crippen LogP contribution in [0.3, 0.4) is 0 Å². The third-order valence-corrected chi connectivity index (χ3v) is 3.16. The zero-order chi connectivity index (χ0) is 18.4. The van der Waals surface area contributed by atoms with Gasteiger partial charge >= 0.3 is 5.97 Å². The first-order chi connectivity index (χ1) is 11.9. The highest BCUT2D eigenvalue weighted by Crippen LogP contribution is 2.14. The molecular weight excluding hydrogens is 320 g/mol. The van der Waals surface area contributed by atoms with Gasteiger partial charge in [0.1, 0.15) is 17.3 Å². The van der Waals surface area contributed by atoms with E-state index in [1.807, 2.05) is 13.8 Å². The molecule has 0 atom stereocenters. The van der Waals surface area contributed by atoms with E-state index >= 15 is 0 Å². The molecule has 7 nitrogen and oxygen atoms in total. The molecule has 0 unspecified atom stereocenters. The zero-order valence-corrected chi connectivity index (χ0v) is 14.8. The quantitative estimate of drug-likeness (QED) is 0.784. The molecule has 7 heteroatoms. The van der Waals surface area contributed by atoms with Crippen LogP contribution in [-0.4, -0.2) is 34.5 Å². The monoisotopic (exact) mass is 342 g/mol. The molecule has 1 aromatic heterocycles. The summed E-state index contributed by atoms with van der Waals surface area (Å²) in [5, 5.41) is 5.91. The molecule has 1 heterocycles. The highest BCUT2D eigenvalue weighted by atomic mass is 16.5. The van der Waals surface area contributed by atoms with Crippen LogP contribution in [0.25, 0.3) is 0 Å². The third-order valence-electron chi connectivity index (χ3n) is 3.16. The van der Waals surface area contributed by atoms with E-state index in [4.69, 9.17) is 4.74 Å². The number of anilines is 2. The summed E-state index contributed by atoms with van der Waals surface area (Å²) in [6, 6.07) is 8.29. The Kier molecular flexibility index (Phi) is 6.05. The molecule has 25 heavy (non-hydrogen) atoms. The Morgan fingerprint density at radius 1 is 1.16 bits per heavy atom. The number of esters is 1. The maximum absolute atomic E-state index is 12.4. The molecule has 0 fully saturated rings. The SMILES string of the molecule is CCOC(=O)c1ccc(NC(=O)c2cc(NC(C)C)nc(C)n2)cc1. The Bertz CT molecular complexity index is 757. The molecule has 2 rings (SSSR count). The predicted molar refractivity (Wildman–Crippen MR) is 95.9 cm³/mol. The van der Waals surface area contributed by atoms with E-state index in [1.165, 1.54) is 0 Å². The van der Waals surface area contributed by atoms with Gasteiger partial charge in [0.2, 0.25) is 0 Å². The summed E-state index contributed by atoms with van der Waals surface area (Å²) in [6.07, 6.45) is 0. The van der Waals surface area contributed by atoms with E-state index in [9.17, 15) is 9.59 Å². The molecule has 1 amide bonds. The summed E-state index contributed by atoms with van der Waals surface area (Å²) < 4.78 is 4.93. The topological polar surface area (TPSA) is 93.2 Å². The number of nitrogens with zero attached hydrogens (tertiary/aromatic N) is 2. The highest BCUT2D eigenvalue weighted by Gasteiger charge is 2.12. The average molecular weight is 342 g/mol. The maximum Gasteiger partial charge on any atom is 0.338 e. The van der Waals surface area contributed by atoms with Gasteiger partial charge in [0.25, 0.3) is 5.91 Å². The summed E-state index contributed by atoms with van der Waals surface area (Å²) in [4.78, 5) is 32.5. The van der Waals surface area contributed by atoms with Crippen molar-refractivity contribution in [3.8, 4) is 0 Å². The predicted octanol–water partition coefficient (Wildman–Crippen LogP) is 3.03. The number of benzene rings is 1. The van der Waals surface area contributed by atoms with E-state index in [-0.39, 0.29) is 17.6 Å². The van der Waals surface area contributed by atoms with E-state index in [2.05, 4.69) is 20.6 Å². The molecule has 0 spiro atoms. The van der Waals surface area contributed by atoms with Crippen LogP contribution in [-0.2, 0) is 4.74 Å². The number of ether oxygens (including phenoxy) is 1. The molecule has 0 aliphatic rings. The second kappa shape index (κ2) is 8.23. The molecule has 0 saturated carbocycles. The van der Waals surface area contributed by atoms with Crippen molar-refractivity contribution < 1.29 is 14.3 Å². The number of aryl methyl sites for hydroxylation is 1. The van der Waals surface area contributed by atoms with Crippen LogP contribution in [0.2, 0.25) is 0 Å².